The lowest BCUT2D eigenvalue weighted by atomic mass is 9.76. The highest BCUT2D eigenvalue weighted by Gasteiger charge is 2.39. The van der Waals surface area contributed by atoms with Crippen LogP contribution in [-0.4, -0.2) is 23.2 Å². The van der Waals surface area contributed by atoms with Crippen LogP contribution >= 0.6 is 0 Å². The number of carbonyl (C=O) groups excluding carboxylic acids is 1. The van der Waals surface area contributed by atoms with Gasteiger partial charge in [0.15, 0.2) is 0 Å². The normalized spacial score (nSPS) is 24.4. The minimum atomic E-state index is -0.653. The second kappa shape index (κ2) is 5.82. The second-order valence-electron chi connectivity index (χ2n) is 7.17. The lowest BCUT2D eigenvalue weighted by molar-refractivity contribution is -0.133. The van der Waals surface area contributed by atoms with Crippen molar-refractivity contribution < 1.29 is 9.90 Å². The Labute approximate surface area is 117 Å². The first-order valence-corrected chi connectivity index (χ1v) is 7.95. The first-order valence-electron chi connectivity index (χ1n) is 7.95. The molecule has 2 rings (SSSR count). The van der Waals surface area contributed by atoms with E-state index < -0.39 is 5.60 Å². The van der Waals surface area contributed by atoms with E-state index in [0.29, 0.717) is 12.5 Å². The quantitative estimate of drug-likeness (QED) is 0.822. The molecule has 0 aromatic heterocycles. The van der Waals surface area contributed by atoms with Crippen molar-refractivity contribution in [1.29, 1.82) is 0 Å². The van der Waals surface area contributed by atoms with Crippen LogP contribution < -0.4 is 5.32 Å². The Kier molecular flexibility index (Phi) is 4.54. The van der Waals surface area contributed by atoms with Gasteiger partial charge in [-0.15, -0.1) is 0 Å². The van der Waals surface area contributed by atoms with Crippen molar-refractivity contribution in [3.05, 3.63) is 0 Å². The van der Waals surface area contributed by atoms with Gasteiger partial charge in [-0.1, -0.05) is 46.0 Å². The molecule has 2 aliphatic rings. The van der Waals surface area contributed by atoms with Gasteiger partial charge in [0.25, 0.3) is 0 Å². The molecule has 0 radical (unpaired) electrons. The zero-order valence-electron chi connectivity index (χ0n) is 12.5. The topological polar surface area (TPSA) is 49.3 Å². The molecule has 0 heterocycles. The third-order valence-electron chi connectivity index (χ3n) is 5.32. The molecule has 0 aromatic carbocycles. The molecule has 110 valence electrons. The third kappa shape index (κ3) is 3.50. The first-order chi connectivity index (χ1) is 8.94. The summed E-state index contributed by atoms with van der Waals surface area (Å²) in [5.74, 6) is 0.631. The molecule has 3 nitrogen and oxygen atoms in total. The minimum Gasteiger partial charge on any atom is -0.388 e. The van der Waals surface area contributed by atoms with E-state index in [1.54, 1.807) is 0 Å². The molecule has 19 heavy (non-hydrogen) atoms. The summed E-state index contributed by atoms with van der Waals surface area (Å²) in [5, 5.41) is 13.5. The van der Waals surface area contributed by atoms with Gasteiger partial charge in [-0.25, -0.2) is 0 Å². The maximum absolute atomic E-state index is 12.4. The van der Waals surface area contributed by atoms with Crippen LogP contribution in [0.5, 0.6) is 0 Å². The highest BCUT2D eigenvalue weighted by molar-refractivity contribution is 5.82. The standard InChI is InChI=1S/C16H29NO2/c1-15(2,13-8-4-5-9-13)14(18)17-12-16(19)10-6-3-7-11-16/h13,19H,3-12H2,1-2H3,(H,17,18). The van der Waals surface area contributed by atoms with Gasteiger partial charge in [0.1, 0.15) is 0 Å². The largest absolute Gasteiger partial charge is 0.388 e. The number of carbonyl (C=O) groups is 1. The van der Waals surface area contributed by atoms with Crippen molar-refractivity contribution in [1.82, 2.24) is 5.32 Å². The molecule has 2 fully saturated rings. The van der Waals surface area contributed by atoms with Gasteiger partial charge in [0, 0.05) is 12.0 Å². The van der Waals surface area contributed by atoms with Gasteiger partial charge < -0.3 is 10.4 Å². The van der Waals surface area contributed by atoms with Gasteiger partial charge in [0.05, 0.1) is 5.60 Å². The van der Waals surface area contributed by atoms with Gasteiger partial charge in [-0.05, 0) is 31.6 Å². The van der Waals surface area contributed by atoms with E-state index in [9.17, 15) is 9.90 Å². The maximum Gasteiger partial charge on any atom is 0.226 e. The Hall–Kier alpha value is -0.570. The molecule has 0 aliphatic heterocycles. The highest BCUT2D eigenvalue weighted by atomic mass is 16.3. The number of rotatable bonds is 4. The molecule has 2 N–H and O–H groups in total. The molecule has 0 atom stereocenters. The van der Waals surface area contributed by atoms with Crippen molar-refractivity contribution >= 4 is 5.91 Å². The summed E-state index contributed by atoms with van der Waals surface area (Å²) in [6.45, 7) is 4.55. The zero-order valence-corrected chi connectivity index (χ0v) is 12.5. The van der Waals surface area contributed by atoms with Crippen LogP contribution in [0.25, 0.3) is 0 Å². The summed E-state index contributed by atoms with van der Waals surface area (Å²) < 4.78 is 0. The van der Waals surface area contributed by atoms with E-state index in [1.165, 1.54) is 32.1 Å². The van der Waals surface area contributed by atoms with Crippen molar-refractivity contribution in [2.24, 2.45) is 11.3 Å². The fourth-order valence-corrected chi connectivity index (χ4v) is 3.69. The van der Waals surface area contributed by atoms with Gasteiger partial charge in [-0.3, -0.25) is 4.79 Å². The van der Waals surface area contributed by atoms with E-state index in [0.717, 1.165) is 25.7 Å². The molecule has 1 amide bonds. The molecular weight excluding hydrogens is 238 g/mol. The van der Waals surface area contributed by atoms with Crippen LogP contribution in [-0.2, 0) is 4.79 Å². The summed E-state index contributed by atoms with van der Waals surface area (Å²) >= 11 is 0. The summed E-state index contributed by atoms with van der Waals surface area (Å²) in [4.78, 5) is 12.4. The molecule has 0 aromatic rings. The fraction of sp³-hybridized carbons (Fsp3) is 0.938. The summed E-state index contributed by atoms with van der Waals surface area (Å²) in [7, 11) is 0. The lowest BCUT2D eigenvalue weighted by Crippen LogP contribution is -2.49. The first kappa shape index (κ1) is 14.8. The predicted octanol–water partition coefficient (Wildman–Crippen LogP) is 3.01. The van der Waals surface area contributed by atoms with E-state index in [1.807, 2.05) is 0 Å². The van der Waals surface area contributed by atoms with Crippen LogP contribution in [0.3, 0.4) is 0 Å². The molecule has 2 aliphatic carbocycles. The molecule has 2 saturated carbocycles. The maximum atomic E-state index is 12.4. The van der Waals surface area contributed by atoms with Gasteiger partial charge in [-0.2, -0.15) is 0 Å². The van der Waals surface area contributed by atoms with E-state index in [4.69, 9.17) is 0 Å². The Morgan fingerprint density at radius 3 is 2.32 bits per heavy atom. The van der Waals surface area contributed by atoms with Crippen LogP contribution in [0, 0.1) is 11.3 Å². The molecule has 0 unspecified atom stereocenters. The number of nitrogens with one attached hydrogen (secondary N) is 1. The number of aliphatic hydroxyl groups is 1. The van der Waals surface area contributed by atoms with Crippen LogP contribution in [0.4, 0.5) is 0 Å². The molecule has 0 spiro atoms. The van der Waals surface area contributed by atoms with Crippen molar-refractivity contribution in [3.8, 4) is 0 Å². The van der Waals surface area contributed by atoms with Crippen molar-refractivity contribution in [2.45, 2.75) is 77.2 Å². The summed E-state index contributed by atoms with van der Waals surface area (Å²) in [5.41, 5.74) is -0.943. The van der Waals surface area contributed by atoms with Gasteiger partial charge in [0.2, 0.25) is 5.91 Å². The predicted molar refractivity (Wildman–Crippen MR) is 76.8 cm³/mol. The number of hydrogen-bond donors (Lipinski definition) is 2. The molecular formula is C16H29NO2. The van der Waals surface area contributed by atoms with Crippen molar-refractivity contribution in [3.63, 3.8) is 0 Å². The van der Waals surface area contributed by atoms with E-state index >= 15 is 0 Å². The van der Waals surface area contributed by atoms with E-state index in [2.05, 4.69) is 19.2 Å². The van der Waals surface area contributed by atoms with Gasteiger partial charge >= 0.3 is 0 Å². The smallest absolute Gasteiger partial charge is 0.226 e. The zero-order chi connectivity index (χ0) is 13.9. The Morgan fingerprint density at radius 2 is 1.74 bits per heavy atom. The second-order valence-corrected chi connectivity index (χ2v) is 7.17. The highest BCUT2D eigenvalue weighted by Crippen LogP contribution is 2.39. The molecule has 3 heteroatoms. The summed E-state index contributed by atoms with van der Waals surface area (Å²) in [6.07, 6.45) is 9.89. The van der Waals surface area contributed by atoms with Crippen LogP contribution in [0.1, 0.15) is 71.6 Å². The Bertz CT molecular complexity index is 313. The average Bonchev–Trinajstić information content (AvgIpc) is 2.91. The monoisotopic (exact) mass is 267 g/mol. The Balaban J connectivity index is 1.86. The van der Waals surface area contributed by atoms with Crippen LogP contribution in [0.15, 0.2) is 0 Å². The van der Waals surface area contributed by atoms with Crippen LogP contribution in [0.2, 0.25) is 0 Å². The number of hydrogen-bond acceptors (Lipinski definition) is 2. The SMILES string of the molecule is CC(C)(C(=O)NCC1(O)CCCCC1)C1CCCC1. The van der Waals surface area contributed by atoms with E-state index in [-0.39, 0.29) is 11.3 Å². The molecule has 0 bridgehead atoms. The Morgan fingerprint density at radius 1 is 1.16 bits per heavy atom. The lowest BCUT2D eigenvalue weighted by Gasteiger charge is -2.35. The minimum absolute atomic E-state index is 0.124. The summed E-state index contributed by atoms with van der Waals surface area (Å²) in [6, 6.07) is 0. The molecule has 0 saturated heterocycles. The van der Waals surface area contributed by atoms with Crippen molar-refractivity contribution in [2.75, 3.05) is 6.54 Å². The third-order valence-corrected chi connectivity index (χ3v) is 5.32. The fourth-order valence-electron chi connectivity index (χ4n) is 3.69. The average molecular weight is 267 g/mol. The number of amides is 1.